The number of rotatable bonds is 4. The highest BCUT2D eigenvalue weighted by molar-refractivity contribution is 8.00. The van der Waals surface area contributed by atoms with Gasteiger partial charge in [-0.2, -0.15) is 0 Å². The van der Waals surface area contributed by atoms with Crippen LogP contribution in [0.5, 0.6) is 0 Å². The maximum absolute atomic E-state index is 12.9. The van der Waals surface area contributed by atoms with Crippen LogP contribution in [-0.2, 0) is 11.2 Å². The number of para-hydroxylation sites is 1. The Morgan fingerprint density at radius 1 is 1.39 bits per heavy atom. The average molecular weight is 328 g/mol. The fourth-order valence-corrected chi connectivity index (χ4v) is 3.83. The van der Waals surface area contributed by atoms with Crippen molar-refractivity contribution in [2.75, 3.05) is 11.4 Å². The number of carbonyl (C=O) groups excluding carboxylic acids is 1. The fraction of sp³-hybridized carbons (Fsp3) is 0.471. The summed E-state index contributed by atoms with van der Waals surface area (Å²) in [7, 11) is 0. The summed E-state index contributed by atoms with van der Waals surface area (Å²) in [5.74, 6) is 1.66. The van der Waals surface area contributed by atoms with E-state index in [4.69, 9.17) is 0 Å². The number of hydrogen-bond acceptors (Lipinski definition) is 4. The molecule has 2 aliphatic rings. The van der Waals surface area contributed by atoms with Gasteiger partial charge in [-0.15, -0.1) is 5.10 Å². The summed E-state index contributed by atoms with van der Waals surface area (Å²) in [6, 6.07) is 8.20. The number of carbonyl (C=O) groups is 1. The van der Waals surface area contributed by atoms with Gasteiger partial charge in [0.05, 0.1) is 5.25 Å². The van der Waals surface area contributed by atoms with Crippen LogP contribution in [0.3, 0.4) is 0 Å². The molecular weight excluding hydrogens is 308 g/mol. The molecule has 5 nitrogen and oxygen atoms in total. The minimum atomic E-state index is -0.191. The molecule has 1 saturated carbocycles. The van der Waals surface area contributed by atoms with Crippen LogP contribution in [0, 0.1) is 0 Å². The summed E-state index contributed by atoms with van der Waals surface area (Å²) < 4.78 is 0. The van der Waals surface area contributed by atoms with Crippen molar-refractivity contribution >= 4 is 23.4 Å². The Labute approximate surface area is 139 Å². The standard InChI is InChI=1S/C17H20N4OS/c1-11(23-17-18-15(19-20-17)13-8-9-13)16(22)21-10-4-6-12-5-2-3-7-14(12)21/h2-3,5,7,11,13H,4,6,8-10H2,1H3,(H,18,19,20). The first-order valence-corrected chi connectivity index (χ1v) is 9.08. The van der Waals surface area contributed by atoms with Crippen molar-refractivity contribution in [3.8, 4) is 0 Å². The Hall–Kier alpha value is -1.82. The second-order valence-electron chi connectivity index (χ2n) is 6.26. The van der Waals surface area contributed by atoms with E-state index in [2.05, 4.69) is 21.2 Å². The number of benzene rings is 1. The molecule has 6 heteroatoms. The van der Waals surface area contributed by atoms with Crippen LogP contribution < -0.4 is 4.90 Å². The first kappa shape index (κ1) is 14.8. The van der Waals surface area contributed by atoms with Gasteiger partial charge in [0.25, 0.3) is 0 Å². The monoisotopic (exact) mass is 328 g/mol. The lowest BCUT2D eigenvalue weighted by Crippen LogP contribution is -2.40. The number of aromatic nitrogens is 3. The molecule has 0 bridgehead atoms. The zero-order chi connectivity index (χ0) is 15.8. The number of nitrogens with zero attached hydrogens (tertiary/aromatic N) is 3. The van der Waals surface area contributed by atoms with Crippen molar-refractivity contribution in [2.24, 2.45) is 0 Å². The zero-order valence-corrected chi connectivity index (χ0v) is 14.0. The van der Waals surface area contributed by atoms with Gasteiger partial charge in [-0.25, -0.2) is 4.98 Å². The molecule has 1 aromatic carbocycles. The molecule has 1 aromatic heterocycles. The Morgan fingerprint density at radius 3 is 3.04 bits per heavy atom. The predicted octanol–water partition coefficient (Wildman–Crippen LogP) is 3.14. The van der Waals surface area contributed by atoms with Crippen LogP contribution in [0.15, 0.2) is 29.4 Å². The third kappa shape index (κ3) is 3.00. The summed E-state index contributed by atoms with van der Waals surface area (Å²) in [5, 5.41) is 7.73. The molecule has 2 aromatic rings. The number of nitrogens with one attached hydrogen (secondary N) is 1. The van der Waals surface area contributed by atoms with E-state index < -0.39 is 0 Å². The smallest absolute Gasteiger partial charge is 0.240 e. The van der Waals surface area contributed by atoms with E-state index in [-0.39, 0.29) is 11.2 Å². The summed E-state index contributed by atoms with van der Waals surface area (Å²) in [4.78, 5) is 19.3. The number of anilines is 1. The third-order valence-electron chi connectivity index (χ3n) is 4.45. The van der Waals surface area contributed by atoms with Crippen molar-refractivity contribution in [1.29, 1.82) is 0 Å². The van der Waals surface area contributed by atoms with E-state index in [1.54, 1.807) is 0 Å². The van der Waals surface area contributed by atoms with Crippen LogP contribution >= 0.6 is 11.8 Å². The van der Waals surface area contributed by atoms with Crippen molar-refractivity contribution in [2.45, 2.75) is 48.9 Å². The lowest BCUT2D eigenvalue weighted by molar-refractivity contribution is -0.117. The SMILES string of the molecule is CC(Sc1n[nH]c(C2CC2)n1)C(=O)N1CCCc2ccccc21. The number of thioether (sulfide) groups is 1. The molecule has 1 amide bonds. The molecule has 1 aliphatic carbocycles. The van der Waals surface area contributed by atoms with Crippen LogP contribution in [-0.4, -0.2) is 32.9 Å². The van der Waals surface area contributed by atoms with E-state index in [9.17, 15) is 4.79 Å². The van der Waals surface area contributed by atoms with Gasteiger partial charge in [-0.1, -0.05) is 30.0 Å². The van der Waals surface area contributed by atoms with Gasteiger partial charge in [-0.05, 0) is 44.2 Å². The van der Waals surface area contributed by atoms with Crippen molar-refractivity contribution in [3.05, 3.63) is 35.7 Å². The number of H-pyrrole nitrogens is 1. The molecule has 1 N–H and O–H groups in total. The minimum absolute atomic E-state index is 0.139. The Morgan fingerprint density at radius 2 is 2.22 bits per heavy atom. The maximum atomic E-state index is 12.9. The second kappa shape index (κ2) is 6.00. The van der Waals surface area contributed by atoms with E-state index in [1.165, 1.54) is 30.2 Å². The maximum Gasteiger partial charge on any atom is 0.240 e. The van der Waals surface area contributed by atoms with Crippen molar-refractivity contribution in [3.63, 3.8) is 0 Å². The third-order valence-corrected chi connectivity index (χ3v) is 5.40. The molecule has 0 radical (unpaired) electrons. The molecule has 1 fully saturated rings. The number of hydrogen-bond donors (Lipinski definition) is 1. The number of fused-ring (bicyclic) bond motifs is 1. The lowest BCUT2D eigenvalue weighted by Gasteiger charge is -2.31. The van der Waals surface area contributed by atoms with E-state index in [1.807, 2.05) is 30.0 Å². The summed E-state index contributed by atoms with van der Waals surface area (Å²) in [5.41, 5.74) is 2.32. The van der Waals surface area contributed by atoms with Gasteiger partial charge >= 0.3 is 0 Å². The van der Waals surface area contributed by atoms with E-state index >= 15 is 0 Å². The Bertz CT molecular complexity index is 725. The molecule has 0 spiro atoms. The molecule has 120 valence electrons. The molecule has 1 aliphatic heterocycles. The molecule has 1 unspecified atom stereocenters. The van der Waals surface area contributed by atoms with Gasteiger partial charge in [0.1, 0.15) is 5.82 Å². The molecule has 23 heavy (non-hydrogen) atoms. The Kier molecular flexibility index (Phi) is 3.85. The highest BCUT2D eigenvalue weighted by Gasteiger charge is 2.30. The normalized spacial score (nSPS) is 18.6. The van der Waals surface area contributed by atoms with Gasteiger partial charge in [0.2, 0.25) is 11.1 Å². The highest BCUT2D eigenvalue weighted by atomic mass is 32.2. The summed E-state index contributed by atoms with van der Waals surface area (Å²) in [6.07, 6.45) is 4.45. The van der Waals surface area contributed by atoms with E-state index in [0.717, 1.165) is 30.9 Å². The molecule has 2 heterocycles. The second-order valence-corrected chi connectivity index (χ2v) is 7.57. The van der Waals surface area contributed by atoms with Gasteiger partial charge in [-0.3, -0.25) is 9.89 Å². The van der Waals surface area contributed by atoms with Crippen LogP contribution in [0.1, 0.15) is 43.5 Å². The van der Waals surface area contributed by atoms with Crippen LogP contribution in [0.4, 0.5) is 5.69 Å². The first-order chi connectivity index (χ1) is 11.2. The van der Waals surface area contributed by atoms with Gasteiger partial charge in [0.15, 0.2) is 0 Å². The van der Waals surface area contributed by atoms with Crippen LogP contribution in [0.25, 0.3) is 0 Å². The number of aryl methyl sites for hydroxylation is 1. The van der Waals surface area contributed by atoms with Gasteiger partial charge < -0.3 is 4.90 Å². The lowest BCUT2D eigenvalue weighted by atomic mass is 10.0. The van der Waals surface area contributed by atoms with E-state index in [0.29, 0.717) is 11.1 Å². The molecule has 0 saturated heterocycles. The minimum Gasteiger partial charge on any atom is -0.311 e. The average Bonchev–Trinajstić information content (AvgIpc) is 3.33. The first-order valence-electron chi connectivity index (χ1n) is 8.20. The molecular formula is C17H20N4OS. The summed E-state index contributed by atoms with van der Waals surface area (Å²) >= 11 is 1.44. The van der Waals surface area contributed by atoms with Crippen LogP contribution in [0.2, 0.25) is 0 Å². The predicted molar refractivity (Wildman–Crippen MR) is 90.8 cm³/mol. The van der Waals surface area contributed by atoms with Crippen molar-refractivity contribution < 1.29 is 4.79 Å². The summed E-state index contributed by atoms with van der Waals surface area (Å²) in [6.45, 7) is 2.74. The largest absolute Gasteiger partial charge is 0.311 e. The molecule has 4 rings (SSSR count). The quantitative estimate of drug-likeness (QED) is 0.876. The highest BCUT2D eigenvalue weighted by Crippen LogP contribution is 2.38. The number of aromatic amines is 1. The number of amides is 1. The van der Waals surface area contributed by atoms with Crippen molar-refractivity contribution in [1.82, 2.24) is 15.2 Å². The zero-order valence-electron chi connectivity index (χ0n) is 13.2. The Balaban J connectivity index is 1.47. The topological polar surface area (TPSA) is 61.9 Å². The fourth-order valence-electron chi connectivity index (χ4n) is 3.04. The van der Waals surface area contributed by atoms with Gasteiger partial charge in [0, 0.05) is 18.2 Å². The molecule has 1 atom stereocenters.